The fourth-order valence-electron chi connectivity index (χ4n) is 1.07. The van der Waals surface area contributed by atoms with Crippen LogP contribution in [0.3, 0.4) is 0 Å². The summed E-state index contributed by atoms with van der Waals surface area (Å²) >= 11 is 9.24. The molecule has 5 heteroatoms. The second kappa shape index (κ2) is 5.98. The van der Waals surface area contributed by atoms with E-state index in [1.165, 1.54) is 0 Å². The van der Waals surface area contributed by atoms with Crippen LogP contribution < -0.4 is 10.6 Å². The van der Waals surface area contributed by atoms with Crippen LogP contribution in [0.4, 0.5) is 5.69 Å². The first-order valence-corrected chi connectivity index (χ1v) is 5.70. The molecule has 1 amide bonds. The molecular weight excluding hydrogens is 279 g/mol. The molecule has 0 aliphatic rings. The largest absolute Gasteiger partial charge is 0.384 e. The van der Waals surface area contributed by atoms with Crippen molar-refractivity contribution < 1.29 is 4.79 Å². The van der Waals surface area contributed by atoms with Gasteiger partial charge in [-0.1, -0.05) is 11.6 Å². The number of hydrogen-bond donors (Lipinski definition) is 2. The molecule has 0 heterocycles. The molecule has 0 saturated heterocycles. The summed E-state index contributed by atoms with van der Waals surface area (Å²) in [5, 5.41) is 6.35. The smallest absolute Gasteiger partial charge is 0.221 e. The predicted octanol–water partition coefficient (Wildman–Crippen LogP) is 2.65. The van der Waals surface area contributed by atoms with Crippen LogP contribution >= 0.6 is 27.5 Å². The van der Waals surface area contributed by atoms with E-state index in [1.807, 2.05) is 12.1 Å². The fraction of sp³-hybridized carbons (Fsp3) is 0.300. The van der Waals surface area contributed by atoms with E-state index in [2.05, 4.69) is 26.6 Å². The number of anilines is 1. The highest BCUT2D eigenvalue weighted by molar-refractivity contribution is 9.10. The molecule has 0 saturated carbocycles. The Labute approximate surface area is 102 Å². The average Bonchev–Trinajstić information content (AvgIpc) is 2.23. The SMILES string of the molecule is CNC(=O)CCNc1cc(Cl)ccc1Br. The van der Waals surface area contributed by atoms with Crippen molar-refractivity contribution in [2.45, 2.75) is 6.42 Å². The molecule has 3 nitrogen and oxygen atoms in total. The molecule has 0 aliphatic heterocycles. The standard InChI is InChI=1S/C10H12BrClN2O/c1-13-10(15)4-5-14-9-6-7(12)2-3-8(9)11/h2-3,6,14H,4-5H2,1H3,(H,13,15). The zero-order valence-electron chi connectivity index (χ0n) is 8.31. The first kappa shape index (κ1) is 12.3. The van der Waals surface area contributed by atoms with Crippen molar-refractivity contribution in [3.63, 3.8) is 0 Å². The minimum absolute atomic E-state index is 0.0145. The fourth-order valence-corrected chi connectivity index (χ4v) is 1.63. The Morgan fingerprint density at radius 2 is 2.27 bits per heavy atom. The van der Waals surface area contributed by atoms with Crippen LogP contribution in [0.1, 0.15) is 6.42 Å². The summed E-state index contributed by atoms with van der Waals surface area (Å²) < 4.78 is 0.934. The normalized spacial score (nSPS) is 9.80. The van der Waals surface area contributed by atoms with Crippen LogP contribution in [0.15, 0.2) is 22.7 Å². The van der Waals surface area contributed by atoms with Gasteiger partial charge in [-0.3, -0.25) is 4.79 Å². The van der Waals surface area contributed by atoms with Gasteiger partial charge in [0, 0.05) is 35.2 Å². The maximum absolute atomic E-state index is 11.0. The minimum Gasteiger partial charge on any atom is -0.384 e. The molecule has 2 N–H and O–H groups in total. The molecule has 1 aromatic rings. The van der Waals surface area contributed by atoms with E-state index in [4.69, 9.17) is 11.6 Å². The summed E-state index contributed by atoms with van der Waals surface area (Å²) in [4.78, 5) is 11.0. The summed E-state index contributed by atoms with van der Waals surface area (Å²) in [6, 6.07) is 5.48. The van der Waals surface area contributed by atoms with Gasteiger partial charge in [-0.25, -0.2) is 0 Å². The molecule has 0 spiro atoms. The minimum atomic E-state index is 0.0145. The number of rotatable bonds is 4. The van der Waals surface area contributed by atoms with Crippen molar-refractivity contribution in [3.05, 3.63) is 27.7 Å². The van der Waals surface area contributed by atoms with Crippen molar-refractivity contribution in [2.75, 3.05) is 18.9 Å². The number of halogens is 2. The number of carbonyl (C=O) groups excluding carboxylic acids is 1. The van der Waals surface area contributed by atoms with Crippen LogP contribution in [0, 0.1) is 0 Å². The van der Waals surface area contributed by atoms with Crippen LogP contribution in [0.2, 0.25) is 5.02 Å². The molecule has 0 fully saturated rings. The lowest BCUT2D eigenvalue weighted by atomic mass is 10.3. The van der Waals surface area contributed by atoms with E-state index in [0.29, 0.717) is 18.0 Å². The Bertz CT molecular complexity index is 357. The second-order valence-corrected chi connectivity index (χ2v) is 4.26. The van der Waals surface area contributed by atoms with E-state index in [9.17, 15) is 4.79 Å². The Morgan fingerprint density at radius 3 is 2.93 bits per heavy atom. The summed E-state index contributed by atoms with van der Waals surface area (Å²) in [5.74, 6) is 0.0145. The van der Waals surface area contributed by atoms with Gasteiger partial charge in [-0.05, 0) is 34.1 Å². The van der Waals surface area contributed by atoms with Crippen LogP contribution in [0.5, 0.6) is 0 Å². The van der Waals surface area contributed by atoms with Gasteiger partial charge in [0.2, 0.25) is 5.91 Å². The predicted molar refractivity (Wildman–Crippen MR) is 66.3 cm³/mol. The second-order valence-electron chi connectivity index (χ2n) is 2.97. The van der Waals surface area contributed by atoms with Gasteiger partial charge in [0.05, 0.1) is 0 Å². The first-order chi connectivity index (χ1) is 7.13. The van der Waals surface area contributed by atoms with Gasteiger partial charge < -0.3 is 10.6 Å². The summed E-state index contributed by atoms with van der Waals surface area (Å²) in [6.07, 6.45) is 0.440. The summed E-state index contributed by atoms with van der Waals surface area (Å²) in [6.45, 7) is 0.582. The third-order valence-electron chi connectivity index (χ3n) is 1.87. The monoisotopic (exact) mass is 290 g/mol. The molecular formula is C10H12BrClN2O. The maximum Gasteiger partial charge on any atom is 0.221 e. The van der Waals surface area contributed by atoms with Crippen molar-refractivity contribution in [1.82, 2.24) is 5.32 Å². The molecule has 0 aliphatic carbocycles. The highest BCUT2D eigenvalue weighted by Gasteiger charge is 2.01. The molecule has 1 aromatic carbocycles. The molecule has 1 rings (SSSR count). The zero-order chi connectivity index (χ0) is 11.3. The molecule has 15 heavy (non-hydrogen) atoms. The summed E-state index contributed by atoms with van der Waals surface area (Å²) in [5.41, 5.74) is 0.895. The average molecular weight is 292 g/mol. The molecule has 0 atom stereocenters. The van der Waals surface area contributed by atoms with Gasteiger partial charge in [0.15, 0.2) is 0 Å². The Balaban J connectivity index is 2.50. The molecule has 0 unspecified atom stereocenters. The van der Waals surface area contributed by atoms with Crippen LogP contribution in [-0.4, -0.2) is 19.5 Å². The van der Waals surface area contributed by atoms with Crippen molar-refractivity contribution in [2.24, 2.45) is 0 Å². The quantitative estimate of drug-likeness (QED) is 0.895. The highest BCUT2D eigenvalue weighted by Crippen LogP contribution is 2.25. The topological polar surface area (TPSA) is 41.1 Å². The highest BCUT2D eigenvalue weighted by atomic mass is 79.9. The van der Waals surface area contributed by atoms with Gasteiger partial charge in [-0.2, -0.15) is 0 Å². The van der Waals surface area contributed by atoms with Gasteiger partial charge in [0.25, 0.3) is 0 Å². The third-order valence-corrected chi connectivity index (χ3v) is 2.80. The Morgan fingerprint density at radius 1 is 1.53 bits per heavy atom. The molecule has 0 aromatic heterocycles. The van der Waals surface area contributed by atoms with E-state index < -0.39 is 0 Å². The van der Waals surface area contributed by atoms with Gasteiger partial charge in [-0.15, -0.1) is 0 Å². The van der Waals surface area contributed by atoms with Crippen LogP contribution in [-0.2, 0) is 4.79 Å². The van der Waals surface area contributed by atoms with E-state index in [0.717, 1.165) is 10.2 Å². The van der Waals surface area contributed by atoms with E-state index in [1.54, 1.807) is 13.1 Å². The Kier molecular flexibility index (Phi) is 4.91. The lowest BCUT2D eigenvalue weighted by molar-refractivity contribution is -0.120. The maximum atomic E-state index is 11.0. The lowest BCUT2D eigenvalue weighted by Crippen LogP contribution is -2.20. The lowest BCUT2D eigenvalue weighted by Gasteiger charge is -2.08. The number of nitrogens with one attached hydrogen (secondary N) is 2. The van der Waals surface area contributed by atoms with E-state index >= 15 is 0 Å². The zero-order valence-corrected chi connectivity index (χ0v) is 10.7. The first-order valence-electron chi connectivity index (χ1n) is 4.53. The van der Waals surface area contributed by atoms with Gasteiger partial charge in [0.1, 0.15) is 0 Å². The summed E-state index contributed by atoms with van der Waals surface area (Å²) in [7, 11) is 1.62. The van der Waals surface area contributed by atoms with Crippen molar-refractivity contribution in [1.29, 1.82) is 0 Å². The number of amides is 1. The number of carbonyl (C=O) groups is 1. The Hall–Kier alpha value is -0.740. The molecule has 0 bridgehead atoms. The van der Waals surface area contributed by atoms with Gasteiger partial charge >= 0.3 is 0 Å². The molecule has 82 valence electrons. The number of benzene rings is 1. The van der Waals surface area contributed by atoms with E-state index in [-0.39, 0.29) is 5.91 Å². The molecule has 0 radical (unpaired) electrons. The third kappa shape index (κ3) is 4.10. The number of hydrogen-bond acceptors (Lipinski definition) is 2. The van der Waals surface area contributed by atoms with Crippen LogP contribution in [0.25, 0.3) is 0 Å². The van der Waals surface area contributed by atoms with Crippen molar-refractivity contribution in [3.8, 4) is 0 Å². The van der Waals surface area contributed by atoms with Crippen molar-refractivity contribution >= 4 is 39.1 Å².